The summed E-state index contributed by atoms with van der Waals surface area (Å²) in [5.74, 6) is -0.738. The van der Waals surface area contributed by atoms with Crippen molar-refractivity contribution in [3.05, 3.63) is 51.9 Å². The maximum atomic E-state index is 12.7. The number of hydrogen-bond acceptors (Lipinski definition) is 7. The summed E-state index contributed by atoms with van der Waals surface area (Å²) < 4.78 is 16.6. The molecule has 1 aromatic heterocycles. The van der Waals surface area contributed by atoms with Crippen LogP contribution in [0, 0.1) is 11.3 Å². The molecule has 1 N–H and O–H groups in total. The monoisotopic (exact) mass is 483 g/mol. The number of fused-ring (bicyclic) bond motifs is 1. The molecule has 2 aliphatic rings. The molecule has 1 unspecified atom stereocenters. The van der Waals surface area contributed by atoms with Crippen LogP contribution in [0.1, 0.15) is 54.7 Å². The summed E-state index contributed by atoms with van der Waals surface area (Å²) in [6, 6.07) is 12.1. The zero-order valence-electron chi connectivity index (χ0n) is 19.6. The second-order valence-electron chi connectivity index (χ2n) is 9.08. The predicted molar refractivity (Wildman–Crippen MR) is 128 cm³/mol. The van der Waals surface area contributed by atoms with Crippen molar-refractivity contribution < 1.29 is 23.8 Å². The molecule has 2 amide bonds. The van der Waals surface area contributed by atoms with E-state index in [1.54, 1.807) is 4.90 Å². The lowest BCUT2D eigenvalue weighted by molar-refractivity contribution is -0.143. The van der Waals surface area contributed by atoms with Crippen LogP contribution in [0.3, 0.4) is 0 Å². The quantitative estimate of drug-likeness (QED) is 0.654. The molecular weight excluding hydrogens is 454 g/mol. The number of ether oxygens (including phenoxy) is 3. The van der Waals surface area contributed by atoms with Gasteiger partial charge >= 0.3 is 6.09 Å². The van der Waals surface area contributed by atoms with Crippen molar-refractivity contribution in [3.8, 4) is 6.07 Å². The second-order valence-corrected chi connectivity index (χ2v) is 10.2. The van der Waals surface area contributed by atoms with Gasteiger partial charge in [0.25, 0.3) is 0 Å². The molecule has 3 heterocycles. The number of nitrogens with zero attached hydrogens (tertiary/aromatic N) is 2. The van der Waals surface area contributed by atoms with Gasteiger partial charge in [0.1, 0.15) is 23.8 Å². The molecular formula is C25H29N3O5S. The highest BCUT2D eigenvalue weighted by Gasteiger charge is 2.34. The summed E-state index contributed by atoms with van der Waals surface area (Å²) in [5.41, 5.74) is 2.49. The van der Waals surface area contributed by atoms with E-state index in [1.807, 2.05) is 51.1 Å². The fraction of sp³-hybridized carbons (Fsp3) is 0.480. The number of amides is 2. The van der Waals surface area contributed by atoms with E-state index in [2.05, 4.69) is 11.4 Å². The van der Waals surface area contributed by atoms with Crippen molar-refractivity contribution in [1.29, 1.82) is 5.26 Å². The molecule has 9 heteroatoms. The van der Waals surface area contributed by atoms with Crippen LogP contribution in [0.5, 0.6) is 0 Å². The number of rotatable bonds is 6. The molecule has 1 fully saturated rings. The van der Waals surface area contributed by atoms with Crippen LogP contribution in [-0.4, -0.2) is 48.5 Å². The van der Waals surface area contributed by atoms with Crippen LogP contribution in [0.15, 0.2) is 30.3 Å². The Bertz CT molecular complexity index is 1090. The third kappa shape index (κ3) is 5.58. The van der Waals surface area contributed by atoms with Gasteiger partial charge in [-0.1, -0.05) is 37.3 Å². The van der Waals surface area contributed by atoms with Crippen LogP contribution < -0.4 is 5.32 Å². The van der Waals surface area contributed by atoms with Crippen LogP contribution in [0.4, 0.5) is 9.80 Å². The zero-order chi connectivity index (χ0) is 24.3. The second kappa shape index (κ2) is 10.1. The Kier molecular flexibility index (Phi) is 7.22. The summed E-state index contributed by atoms with van der Waals surface area (Å²) in [7, 11) is 0. The van der Waals surface area contributed by atoms with Crippen molar-refractivity contribution in [1.82, 2.24) is 4.90 Å². The van der Waals surface area contributed by atoms with Crippen molar-refractivity contribution in [2.24, 2.45) is 0 Å². The van der Waals surface area contributed by atoms with Gasteiger partial charge in [-0.2, -0.15) is 5.26 Å². The largest absolute Gasteiger partial charge is 0.447 e. The molecule has 180 valence electrons. The third-order valence-corrected chi connectivity index (χ3v) is 7.13. The Morgan fingerprint density at radius 2 is 2.12 bits per heavy atom. The molecule has 0 bridgehead atoms. The molecule has 1 saturated heterocycles. The summed E-state index contributed by atoms with van der Waals surface area (Å²) in [6.07, 6.45) is 0.148. The number of nitrogens with one attached hydrogen (secondary N) is 1. The van der Waals surface area contributed by atoms with Gasteiger partial charge in [0.15, 0.2) is 5.79 Å². The van der Waals surface area contributed by atoms with Gasteiger partial charge in [0.05, 0.1) is 18.7 Å². The fourth-order valence-electron chi connectivity index (χ4n) is 4.22. The van der Waals surface area contributed by atoms with Crippen molar-refractivity contribution in [2.45, 2.75) is 58.0 Å². The van der Waals surface area contributed by atoms with E-state index in [0.717, 1.165) is 16.0 Å². The van der Waals surface area contributed by atoms with Crippen molar-refractivity contribution >= 4 is 28.3 Å². The number of nitriles is 1. The Morgan fingerprint density at radius 3 is 2.79 bits per heavy atom. The zero-order valence-corrected chi connectivity index (χ0v) is 20.4. The highest BCUT2D eigenvalue weighted by molar-refractivity contribution is 7.16. The van der Waals surface area contributed by atoms with Gasteiger partial charge in [0.2, 0.25) is 5.91 Å². The van der Waals surface area contributed by atoms with Crippen LogP contribution >= 0.6 is 11.3 Å². The molecule has 0 aliphatic carbocycles. The molecule has 34 heavy (non-hydrogen) atoms. The molecule has 0 radical (unpaired) electrons. The van der Waals surface area contributed by atoms with E-state index in [9.17, 15) is 14.9 Å². The summed E-state index contributed by atoms with van der Waals surface area (Å²) in [6.45, 7) is 6.95. The first-order valence-electron chi connectivity index (χ1n) is 11.4. The number of hydrogen-bond donors (Lipinski definition) is 1. The highest BCUT2D eigenvalue weighted by Crippen LogP contribution is 2.37. The van der Waals surface area contributed by atoms with E-state index < -0.39 is 11.9 Å². The lowest BCUT2D eigenvalue weighted by atomic mass is 9.97. The van der Waals surface area contributed by atoms with Crippen LogP contribution in [-0.2, 0) is 32.0 Å². The van der Waals surface area contributed by atoms with E-state index >= 15 is 0 Å². The standard InChI is InChI=1S/C25H29N3O5S/c1-16(17-7-5-4-6-8-17)11-22(29)27-23-20(12-26)19-9-10-28(13-21(19)34-23)24(30)31-14-18-15-32-25(2,3)33-18/h4-8,16,18H,9-11,13-15H2,1-3H3,(H,27,29)/t16-,18?/m0/s1. The normalized spacial score (nSPS) is 19.7. The summed E-state index contributed by atoms with van der Waals surface area (Å²) in [4.78, 5) is 27.8. The van der Waals surface area contributed by atoms with E-state index in [0.29, 0.717) is 43.1 Å². The van der Waals surface area contributed by atoms with Gasteiger partial charge in [-0.05, 0) is 37.3 Å². The lowest BCUT2D eigenvalue weighted by Gasteiger charge is -2.26. The first kappa shape index (κ1) is 24.2. The van der Waals surface area contributed by atoms with Gasteiger partial charge in [0, 0.05) is 17.8 Å². The maximum Gasteiger partial charge on any atom is 0.410 e. The number of thiophene rings is 1. The number of carbonyl (C=O) groups is 2. The molecule has 8 nitrogen and oxygen atoms in total. The number of carbonyl (C=O) groups excluding carboxylic acids is 2. The average Bonchev–Trinajstić information content (AvgIpc) is 3.35. The third-order valence-electron chi connectivity index (χ3n) is 6.00. The minimum absolute atomic E-state index is 0.0615. The smallest absolute Gasteiger partial charge is 0.410 e. The highest BCUT2D eigenvalue weighted by atomic mass is 32.1. The molecule has 2 atom stereocenters. The van der Waals surface area contributed by atoms with Crippen LogP contribution in [0.25, 0.3) is 0 Å². The predicted octanol–water partition coefficient (Wildman–Crippen LogP) is 4.40. The Morgan fingerprint density at radius 1 is 1.35 bits per heavy atom. The van der Waals surface area contributed by atoms with Crippen molar-refractivity contribution in [3.63, 3.8) is 0 Å². The van der Waals surface area contributed by atoms with Crippen molar-refractivity contribution in [2.75, 3.05) is 25.1 Å². The topological polar surface area (TPSA) is 101 Å². The first-order chi connectivity index (χ1) is 16.3. The van der Waals surface area contributed by atoms with E-state index in [1.165, 1.54) is 11.3 Å². The average molecular weight is 484 g/mol. The van der Waals surface area contributed by atoms with Gasteiger partial charge in [-0.15, -0.1) is 11.3 Å². The van der Waals surface area contributed by atoms with Gasteiger partial charge in [-0.3, -0.25) is 4.79 Å². The van der Waals surface area contributed by atoms with Crippen LogP contribution in [0.2, 0.25) is 0 Å². The molecule has 2 aromatic rings. The molecule has 0 saturated carbocycles. The Hall–Kier alpha value is -2.93. The molecule has 1 aromatic carbocycles. The fourth-order valence-corrected chi connectivity index (χ4v) is 5.45. The number of benzene rings is 1. The minimum atomic E-state index is -0.665. The first-order valence-corrected chi connectivity index (χ1v) is 12.2. The molecule has 0 spiro atoms. The SMILES string of the molecule is C[C@@H](CC(=O)Nc1sc2c(c1C#N)CCN(C(=O)OCC1COC(C)(C)O1)C2)c1ccccc1. The number of anilines is 1. The van der Waals surface area contributed by atoms with E-state index in [4.69, 9.17) is 14.2 Å². The Balaban J connectivity index is 1.35. The van der Waals surface area contributed by atoms with E-state index in [-0.39, 0.29) is 24.5 Å². The summed E-state index contributed by atoms with van der Waals surface area (Å²) >= 11 is 1.35. The minimum Gasteiger partial charge on any atom is -0.447 e. The molecule has 2 aliphatic heterocycles. The maximum absolute atomic E-state index is 12.7. The Labute approximate surface area is 203 Å². The lowest BCUT2D eigenvalue weighted by Crippen LogP contribution is -2.37. The van der Waals surface area contributed by atoms with Gasteiger partial charge < -0.3 is 24.4 Å². The van der Waals surface area contributed by atoms with Gasteiger partial charge in [-0.25, -0.2) is 4.79 Å². The molecule has 4 rings (SSSR count). The summed E-state index contributed by atoms with van der Waals surface area (Å²) in [5, 5.41) is 13.2.